The normalized spacial score (nSPS) is 14.3. The van der Waals surface area contributed by atoms with Crippen LogP contribution >= 0.6 is 23.8 Å². The van der Waals surface area contributed by atoms with Gasteiger partial charge >= 0.3 is 0 Å². The molecule has 4 rings (SSSR count). The summed E-state index contributed by atoms with van der Waals surface area (Å²) in [5.41, 5.74) is 2.56. The van der Waals surface area contributed by atoms with Crippen LogP contribution in [0.2, 0.25) is 5.02 Å². The molecular formula is C28H24ClN3O5S. The highest BCUT2D eigenvalue weighted by Gasteiger charge is 2.34. The lowest BCUT2D eigenvalue weighted by molar-refractivity contribution is -0.122. The van der Waals surface area contributed by atoms with Crippen LogP contribution < -0.4 is 25.0 Å². The first-order valence-electron chi connectivity index (χ1n) is 11.7. The fourth-order valence-electron chi connectivity index (χ4n) is 3.76. The molecule has 0 aliphatic carbocycles. The first-order chi connectivity index (χ1) is 18.3. The molecule has 0 unspecified atom stereocenters. The van der Waals surface area contributed by atoms with Crippen molar-refractivity contribution < 1.29 is 23.9 Å². The summed E-state index contributed by atoms with van der Waals surface area (Å²) in [4.78, 5) is 39.5. The van der Waals surface area contributed by atoms with Crippen molar-refractivity contribution in [3.8, 4) is 11.5 Å². The molecule has 8 nitrogen and oxygen atoms in total. The predicted molar refractivity (Wildman–Crippen MR) is 151 cm³/mol. The molecule has 38 heavy (non-hydrogen) atoms. The molecule has 2 N–H and O–H groups in total. The van der Waals surface area contributed by atoms with Crippen LogP contribution in [0.3, 0.4) is 0 Å². The van der Waals surface area contributed by atoms with Crippen LogP contribution in [0.15, 0.2) is 72.3 Å². The molecule has 194 valence electrons. The van der Waals surface area contributed by atoms with Crippen LogP contribution in [0.4, 0.5) is 11.4 Å². The van der Waals surface area contributed by atoms with Gasteiger partial charge in [0, 0.05) is 5.69 Å². The predicted octanol–water partition coefficient (Wildman–Crippen LogP) is 4.76. The molecule has 1 fully saturated rings. The Morgan fingerprint density at radius 1 is 1.11 bits per heavy atom. The Bertz CT molecular complexity index is 1420. The molecule has 0 saturated carbocycles. The number of anilines is 2. The number of nitrogens with zero attached hydrogens (tertiary/aromatic N) is 1. The van der Waals surface area contributed by atoms with Crippen molar-refractivity contribution in [2.75, 3.05) is 23.9 Å². The number of nitrogens with one attached hydrogen (secondary N) is 2. The summed E-state index contributed by atoms with van der Waals surface area (Å²) in [5.74, 6) is -1.21. The maximum Gasteiger partial charge on any atom is 0.270 e. The first-order valence-corrected chi connectivity index (χ1v) is 12.4. The number of thiocarbonyl (C=S) groups is 1. The molecule has 3 aromatic rings. The van der Waals surface area contributed by atoms with Gasteiger partial charge in [-0.15, -0.1) is 0 Å². The van der Waals surface area contributed by atoms with E-state index in [4.69, 9.17) is 33.3 Å². The summed E-state index contributed by atoms with van der Waals surface area (Å²) in [6.07, 6.45) is 2.24. The van der Waals surface area contributed by atoms with Crippen LogP contribution in [0, 0.1) is 0 Å². The van der Waals surface area contributed by atoms with E-state index in [1.807, 2.05) is 25.1 Å². The average molecular weight is 550 g/mol. The van der Waals surface area contributed by atoms with Gasteiger partial charge in [0.1, 0.15) is 5.57 Å². The van der Waals surface area contributed by atoms with Gasteiger partial charge in [0.2, 0.25) is 0 Å². The second kappa shape index (κ2) is 11.9. The van der Waals surface area contributed by atoms with Gasteiger partial charge < -0.3 is 14.8 Å². The summed E-state index contributed by atoms with van der Waals surface area (Å²) < 4.78 is 11.0. The van der Waals surface area contributed by atoms with Crippen molar-refractivity contribution in [3.05, 3.63) is 88.5 Å². The second-order valence-corrected chi connectivity index (χ2v) is 9.01. The smallest absolute Gasteiger partial charge is 0.270 e. The van der Waals surface area contributed by atoms with Crippen molar-refractivity contribution >= 4 is 64.1 Å². The zero-order valence-corrected chi connectivity index (χ0v) is 22.2. The number of benzene rings is 3. The van der Waals surface area contributed by atoms with Gasteiger partial charge in [0.15, 0.2) is 23.2 Å². The third kappa shape index (κ3) is 6.01. The zero-order valence-electron chi connectivity index (χ0n) is 20.6. The molecule has 3 aromatic carbocycles. The maximum atomic E-state index is 13.3. The topological polar surface area (TPSA) is 97.0 Å². The van der Waals surface area contributed by atoms with Gasteiger partial charge in [-0.05, 0) is 72.2 Å². The summed E-state index contributed by atoms with van der Waals surface area (Å²) in [6.45, 7) is 1.72. The van der Waals surface area contributed by atoms with Crippen LogP contribution in [0.1, 0.15) is 18.1 Å². The van der Waals surface area contributed by atoms with Crippen LogP contribution in [0.25, 0.3) is 6.08 Å². The fourth-order valence-corrected chi connectivity index (χ4v) is 4.31. The monoisotopic (exact) mass is 549 g/mol. The van der Waals surface area contributed by atoms with E-state index >= 15 is 0 Å². The molecule has 1 aliphatic rings. The second-order valence-electron chi connectivity index (χ2n) is 8.21. The first kappa shape index (κ1) is 26.8. The van der Waals surface area contributed by atoms with Crippen LogP contribution in [-0.2, 0) is 20.8 Å². The number of hydrogen-bond acceptors (Lipinski definition) is 6. The number of methoxy groups -OCH3 is 1. The maximum absolute atomic E-state index is 13.3. The third-order valence-corrected chi connectivity index (χ3v) is 6.24. The Morgan fingerprint density at radius 3 is 2.47 bits per heavy atom. The minimum atomic E-state index is -0.630. The summed E-state index contributed by atoms with van der Waals surface area (Å²) >= 11 is 11.7. The van der Waals surface area contributed by atoms with Gasteiger partial charge in [-0.25, -0.2) is 0 Å². The SMILES string of the molecule is CCc1ccc(N2C(=O)/C(=C/c3cc(Cl)c(OCC(=O)Nc4ccccc4)c(OC)c3)C(=O)NC2=S)cc1. The molecule has 3 amide bonds. The molecule has 1 aliphatic heterocycles. The van der Waals surface area contributed by atoms with Crippen molar-refractivity contribution in [1.29, 1.82) is 0 Å². The van der Waals surface area contributed by atoms with Gasteiger partial charge in [-0.3, -0.25) is 24.6 Å². The number of rotatable bonds is 8. The molecule has 0 aromatic heterocycles. The highest BCUT2D eigenvalue weighted by atomic mass is 35.5. The van der Waals surface area contributed by atoms with Crippen molar-refractivity contribution in [2.24, 2.45) is 0 Å². The quantitative estimate of drug-likeness (QED) is 0.239. The van der Waals surface area contributed by atoms with E-state index in [2.05, 4.69) is 10.6 Å². The number of carbonyl (C=O) groups excluding carboxylic acids is 3. The zero-order chi connectivity index (χ0) is 27.2. The van der Waals surface area contributed by atoms with Crippen molar-refractivity contribution in [3.63, 3.8) is 0 Å². The average Bonchev–Trinajstić information content (AvgIpc) is 2.91. The Balaban J connectivity index is 1.56. The van der Waals surface area contributed by atoms with Crippen molar-refractivity contribution in [1.82, 2.24) is 5.32 Å². The number of aryl methyl sites for hydroxylation is 1. The molecule has 0 atom stereocenters. The number of ether oxygens (including phenoxy) is 2. The van der Waals surface area contributed by atoms with E-state index in [-0.39, 0.29) is 39.7 Å². The molecule has 0 bridgehead atoms. The molecule has 0 spiro atoms. The van der Waals surface area contributed by atoms with E-state index < -0.39 is 11.8 Å². The minimum absolute atomic E-state index is 0.00506. The van der Waals surface area contributed by atoms with E-state index in [1.54, 1.807) is 42.5 Å². The number of para-hydroxylation sites is 1. The van der Waals surface area contributed by atoms with Gasteiger partial charge in [0.05, 0.1) is 17.8 Å². The lowest BCUT2D eigenvalue weighted by Crippen LogP contribution is -2.54. The molecular weight excluding hydrogens is 526 g/mol. The molecule has 0 radical (unpaired) electrons. The number of carbonyl (C=O) groups is 3. The van der Waals surface area contributed by atoms with Crippen molar-refractivity contribution in [2.45, 2.75) is 13.3 Å². The lowest BCUT2D eigenvalue weighted by atomic mass is 10.1. The highest BCUT2D eigenvalue weighted by Crippen LogP contribution is 2.37. The van der Waals surface area contributed by atoms with Crippen LogP contribution in [0.5, 0.6) is 11.5 Å². The molecule has 1 heterocycles. The highest BCUT2D eigenvalue weighted by molar-refractivity contribution is 7.80. The standard InChI is InChI=1S/C28H24ClN3O5S/c1-3-17-9-11-20(12-10-17)32-27(35)21(26(34)31-28(32)38)13-18-14-22(29)25(23(15-18)36-2)37-16-24(33)30-19-7-5-4-6-8-19/h4-15H,3,16H2,1-2H3,(H,30,33)(H,31,34,38)/b21-13+. The largest absolute Gasteiger partial charge is 0.493 e. The number of halogens is 1. The Kier molecular flexibility index (Phi) is 8.40. The molecule has 10 heteroatoms. The Labute approximate surface area is 230 Å². The van der Waals surface area contributed by atoms with Gasteiger partial charge in [0.25, 0.3) is 17.7 Å². The summed E-state index contributed by atoms with van der Waals surface area (Å²) in [7, 11) is 1.41. The van der Waals surface area contributed by atoms with Crippen LogP contribution in [-0.4, -0.2) is 36.6 Å². The number of amides is 3. The Hall–Kier alpha value is -4.21. The van der Waals surface area contributed by atoms with E-state index in [1.165, 1.54) is 24.2 Å². The van der Waals surface area contributed by atoms with E-state index in [0.29, 0.717) is 16.9 Å². The minimum Gasteiger partial charge on any atom is -0.493 e. The number of hydrogen-bond donors (Lipinski definition) is 2. The summed E-state index contributed by atoms with van der Waals surface area (Å²) in [5, 5.41) is 5.41. The summed E-state index contributed by atoms with van der Waals surface area (Å²) in [6, 6.07) is 19.4. The molecule has 1 saturated heterocycles. The Morgan fingerprint density at radius 2 is 1.82 bits per heavy atom. The van der Waals surface area contributed by atoms with E-state index in [0.717, 1.165) is 12.0 Å². The van der Waals surface area contributed by atoms with Gasteiger partial charge in [-0.1, -0.05) is 48.9 Å². The lowest BCUT2D eigenvalue weighted by Gasteiger charge is -2.29. The van der Waals surface area contributed by atoms with Gasteiger partial charge in [-0.2, -0.15) is 0 Å². The van der Waals surface area contributed by atoms with E-state index in [9.17, 15) is 14.4 Å². The third-order valence-electron chi connectivity index (χ3n) is 5.67. The fraction of sp³-hybridized carbons (Fsp3) is 0.143.